The monoisotopic (exact) mass is 477 g/mol. The number of hydrogen-bond donors (Lipinski definition) is 2. The van der Waals surface area contributed by atoms with Gasteiger partial charge in [-0.25, -0.2) is 5.48 Å². The summed E-state index contributed by atoms with van der Waals surface area (Å²) >= 11 is 0. The summed E-state index contributed by atoms with van der Waals surface area (Å²) in [6, 6.07) is 17.6. The van der Waals surface area contributed by atoms with Crippen LogP contribution in [0.3, 0.4) is 0 Å². The topological polar surface area (TPSA) is 89.9 Å². The number of carbonyl (C=O) groups is 3. The highest BCUT2D eigenvalue weighted by molar-refractivity contribution is 5.98. The van der Waals surface area contributed by atoms with Gasteiger partial charge in [-0.3, -0.25) is 19.6 Å². The van der Waals surface area contributed by atoms with Crippen LogP contribution < -0.4 is 5.48 Å². The highest BCUT2D eigenvalue weighted by Crippen LogP contribution is 2.46. The Kier molecular flexibility index (Phi) is 7.55. The second-order valence-electron chi connectivity index (χ2n) is 10.2. The van der Waals surface area contributed by atoms with Crippen molar-refractivity contribution in [2.24, 2.45) is 17.3 Å². The minimum absolute atomic E-state index is 0.0215. The molecule has 2 N–H and O–H groups in total. The Morgan fingerprint density at radius 3 is 2.43 bits per heavy atom. The van der Waals surface area contributed by atoms with Gasteiger partial charge in [0.1, 0.15) is 0 Å². The van der Waals surface area contributed by atoms with Crippen molar-refractivity contribution in [1.82, 2.24) is 15.3 Å². The van der Waals surface area contributed by atoms with Gasteiger partial charge >= 0.3 is 0 Å². The molecule has 0 saturated carbocycles. The molecule has 2 aliphatic rings. The van der Waals surface area contributed by atoms with E-state index >= 15 is 0 Å². The minimum atomic E-state index is -0.896. The molecule has 7 nitrogen and oxygen atoms in total. The zero-order valence-corrected chi connectivity index (χ0v) is 20.6. The zero-order valence-electron chi connectivity index (χ0n) is 20.6. The summed E-state index contributed by atoms with van der Waals surface area (Å²) in [5.74, 6) is -1.15. The quantitative estimate of drug-likeness (QED) is 0.404. The van der Waals surface area contributed by atoms with E-state index in [1.54, 1.807) is 4.90 Å². The standard InChI is InChI=1S/C28H35N3O4/c1-20(2)18-28(14-17-30(27(28)34)15-12-21-8-4-3-5-9-21)24(25(32)29-35)13-16-31-19-22-10-6-7-11-23(22)26(31)33/h3-11,20,24,35H,12-19H2,1-2H3,(H,29,32). The zero-order chi connectivity index (χ0) is 25.0. The molecule has 3 amide bonds. The van der Waals surface area contributed by atoms with Crippen LogP contribution in [0.1, 0.15) is 54.6 Å². The molecule has 186 valence electrons. The molecule has 0 radical (unpaired) electrons. The molecule has 0 aromatic heterocycles. The fourth-order valence-corrected chi connectivity index (χ4v) is 5.88. The smallest absolute Gasteiger partial charge is 0.254 e. The molecule has 7 heteroatoms. The molecule has 2 aromatic rings. The van der Waals surface area contributed by atoms with Crippen molar-refractivity contribution in [3.8, 4) is 0 Å². The van der Waals surface area contributed by atoms with Gasteiger partial charge in [-0.2, -0.15) is 0 Å². The average Bonchev–Trinajstić information content (AvgIpc) is 3.35. The van der Waals surface area contributed by atoms with Crippen LogP contribution >= 0.6 is 0 Å². The number of likely N-dealkylation sites (tertiary alicyclic amines) is 1. The third-order valence-corrected chi connectivity index (χ3v) is 7.50. The first-order valence-electron chi connectivity index (χ1n) is 12.5. The number of hydroxylamine groups is 1. The highest BCUT2D eigenvalue weighted by atomic mass is 16.5. The molecule has 0 bridgehead atoms. The van der Waals surface area contributed by atoms with Crippen molar-refractivity contribution < 1.29 is 19.6 Å². The van der Waals surface area contributed by atoms with Crippen molar-refractivity contribution >= 4 is 17.7 Å². The third-order valence-electron chi connectivity index (χ3n) is 7.50. The van der Waals surface area contributed by atoms with Gasteiger partial charge in [-0.15, -0.1) is 0 Å². The first-order valence-corrected chi connectivity index (χ1v) is 12.5. The number of benzene rings is 2. The van der Waals surface area contributed by atoms with Gasteiger partial charge in [-0.05, 0) is 48.8 Å². The van der Waals surface area contributed by atoms with E-state index in [1.165, 1.54) is 5.56 Å². The van der Waals surface area contributed by atoms with E-state index in [1.807, 2.05) is 52.8 Å². The molecular weight excluding hydrogens is 442 g/mol. The van der Waals surface area contributed by atoms with E-state index in [0.717, 1.165) is 12.0 Å². The number of fused-ring (bicyclic) bond motifs is 1. The predicted octanol–water partition coefficient (Wildman–Crippen LogP) is 3.66. The van der Waals surface area contributed by atoms with Crippen LogP contribution in [0, 0.1) is 17.3 Å². The number of nitrogens with one attached hydrogen (secondary N) is 1. The summed E-state index contributed by atoms with van der Waals surface area (Å²) in [6.45, 7) is 6.13. The lowest BCUT2D eigenvalue weighted by Gasteiger charge is -2.37. The fourth-order valence-electron chi connectivity index (χ4n) is 5.88. The van der Waals surface area contributed by atoms with Gasteiger partial charge in [0.05, 0.1) is 11.3 Å². The number of hydrogen-bond acceptors (Lipinski definition) is 4. The molecule has 2 heterocycles. The Balaban J connectivity index is 1.52. The Labute approximate surface area is 207 Å². The lowest BCUT2D eigenvalue weighted by Crippen LogP contribution is -2.48. The van der Waals surface area contributed by atoms with Gasteiger partial charge in [-0.1, -0.05) is 62.4 Å². The van der Waals surface area contributed by atoms with Gasteiger partial charge in [0.25, 0.3) is 5.91 Å². The molecule has 4 rings (SSSR count). The maximum atomic E-state index is 13.9. The highest BCUT2D eigenvalue weighted by Gasteiger charge is 2.54. The molecule has 0 spiro atoms. The van der Waals surface area contributed by atoms with Crippen molar-refractivity contribution in [2.75, 3.05) is 19.6 Å². The van der Waals surface area contributed by atoms with E-state index in [4.69, 9.17) is 0 Å². The molecule has 2 aliphatic heterocycles. The first-order chi connectivity index (χ1) is 16.9. The Hall–Kier alpha value is -3.19. The second kappa shape index (κ2) is 10.6. The number of nitrogens with zero attached hydrogens (tertiary/aromatic N) is 2. The van der Waals surface area contributed by atoms with Crippen LogP contribution in [-0.2, 0) is 22.6 Å². The van der Waals surface area contributed by atoms with Gasteiger partial charge < -0.3 is 9.80 Å². The van der Waals surface area contributed by atoms with Gasteiger partial charge in [0, 0.05) is 31.7 Å². The summed E-state index contributed by atoms with van der Waals surface area (Å²) in [6.07, 6.45) is 2.18. The van der Waals surface area contributed by atoms with Crippen molar-refractivity contribution in [2.45, 2.75) is 46.1 Å². The third kappa shape index (κ3) is 5.10. The number of rotatable bonds is 10. The Morgan fingerprint density at radius 2 is 1.74 bits per heavy atom. The fraction of sp³-hybridized carbons (Fsp3) is 0.464. The van der Waals surface area contributed by atoms with E-state index < -0.39 is 17.2 Å². The minimum Gasteiger partial charge on any atom is -0.342 e. The normalized spacial score (nSPS) is 20.5. The van der Waals surface area contributed by atoms with Crippen LogP contribution in [0.25, 0.3) is 0 Å². The lowest BCUT2D eigenvalue weighted by molar-refractivity contribution is -0.150. The summed E-state index contributed by atoms with van der Waals surface area (Å²) < 4.78 is 0. The van der Waals surface area contributed by atoms with Crippen LogP contribution in [0.2, 0.25) is 0 Å². The van der Waals surface area contributed by atoms with E-state index in [9.17, 15) is 19.6 Å². The predicted molar refractivity (Wildman–Crippen MR) is 132 cm³/mol. The molecule has 1 saturated heterocycles. The maximum Gasteiger partial charge on any atom is 0.254 e. The van der Waals surface area contributed by atoms with Crippen LogP contribution in [0.15, 0.2) is 54.6 Å². The average molecular weight is 478 g/mol. The second-order valence-corrected chi connectivity index (χ2v) is 10.2. The molecule has 1 fully saturated rings. The van der Waals surface area contributed by atoms with Crippen molar-refractivity contribution in [1.29, 1.82) is 0 Å². The first kappa shape index (κ1) is 24.9. The Bertz CT molecular complexity index is 1070. The van der Waals surface area contributed by atoms with E-state index in [2.05, 4.69) is 26.0 Å². The molecule has 2 unspecified atom stereocenters. The van der Waals surface area contributed by atoms with Gasteiger partial charge in [0.15, 0.2) is 0 Å². The molecular formula is C28H35N3O4. The largest absolute Gasteiger partial charge is 0.342 e. The summed E-state index contributed by atoms with van der Waals surface area (Å²) in [4.78, 5) is 43.3. The molecule has 35 heavy (non-hydrogen) atoms. The maximum absolute atomic E-state index is 13.9. The number of amides is 3. The summed E-state index contributed by atoms with van der Waals surface area (Å²) in [7, 11) is 0. The van der Waals surface area contributed by atoms with Crippen molar-refractivity contribution in [3.63, 3.8) is 0 Å². The molecule has 0 aliphatic carbocycles. The lowest BCUT2D eigenvalue weighted by atomic mass is 9.67. The molecule has 2 aromatic carbocycles. The van der Waals surface area contributed by atoms with Crippen LogP contribution in [0.4, 0.5) is 0 Å². The van der Waals surface area contributed by atoms with Gasteiger partial charge in [0.2, 0.25) is 11.8 Å². The summed E-state index contributed by atoms with van der Waals surface area (Å²) in [5.41, 5.74) is 3.76. The summed E-state index contributed by atoms with van der Waals surface area (Å²) in [5, 5.41) is 9.60. The van der Waals surface area contributed by atoms with E-state index in [0.29, 0.717) is 51.0 Å². The molecule has 2 atom stereocenters. The van der Waals surface area contributed by atoms with Crippen molar-refractivity contribution in [3.05, 3.63) is 71.3 Å². The Morgan fingerprint density at radius 1 is 1.03 bits per heavy atom. The van der Waals surface area contributed by atoms with Crippen LogP contribution in [0.5, 0.6) is 0 Å². The SMILES string of the molecule is CC(C)CC1(C(CCN2Cc3ccccc3C2=O)C(=O)NO)CCN(CCc2ccccc2)C1=O. The van der Waals surface area contributed by atoms with Crippen LogP contribution in [-0.4, -0.2) is 52.4 Å². The number of carbonyl (C=O) groups excluding carboxylic acids is 3. The van der Waals surface area contributed by atoms with E-state index in [-0.39, 0.29) is 17.7 Å².